The zero-order valence-electron chi connectivity index (χ0n) is 5.06. The van der Waals surface area contributed by atoms with Gasteiger partial charge in [0, 0.05) is 6.54 Å². The molecule has 8 heavy (non-hydrogen) atoms. The summed E-state index contributed by atoms with van der Waals surface area (Å²) < 4.78 is 0. The lowest BCUT2D eigenvalue weighted by atomic mass is 10.1. The fraction of sp³-hybridized carbons (Fsp3) is 0.800. The van der Waals surface area contributed by atoms with Crippen molar-refractivity contribution >= 4 is 6.41 Å². The molecule has 0 saturated heterocycles. The standard InChI is InChI=1S/C5H10NO2/c1-5(2,8)3-6-4-7/h8H,3H2,1-2H3,(H,6,7). The van der Waals surface area contributed by atoms with E-state index in [0.29, 0.717) is 0 Å². The van der Waals surface area contributed by atoms with Crippen LogP contribution >= 0.6 is 0 Å². The van der Waals surface area contributed by atoms with Gasteiger partial charge >= 0.3 is 6.41 Å². The van der Waals surface area contributed by atoms with Crippen LogP contribution in [-0.2, 0) is 4.79 Å². The minimum Gasteiger partial charge on any atom is -0.389 e. The van der Waals surface area contributed by atoms with Crippen molar-refractivity contribution in [2.75, 3.05) is 6.54 Å². The van der Waals surface area contributed by atoms with Crippen LogP contribution in [0.4, 0.5) is 0 Å². The highest BCUT2D eigenvalue weighted by Crippen LogP contribution is 1.95. The summed E-state index contributed by atoms with van der Waals surface area (Å²) in [6.07, 6.45) is 1.46. The Kier molecular flexibility index (Phi) is 2.48. The SMILES string of the molecule is CC(C)(O)CN[C]=O. The van der Waals surface area contributed by atoms with E-state index in [4.69, 9.17) is 5.11 Å². The van der Waals surface area contributed by atoms with Gasteiger partial charge in [-0.05, 0) is 13.8 Å². The first-order chi connectivity index (χ1) is 3.56. The number of carbonyl (C=O) groups excluding carboxylic acids is 1. The second-order valence-electron chi connectivity index (χ2n) is 2.27. The molecule has 3 nitrogen and oxygen atoms in total. The van der Waals surface area contributed by atoms with Gasteiger partial charge in [0.1, 0.15) is 0 Å². The summed E-state index contributed by atoms with van der Waals surface area (Å²) in [5.41, 5.74) is -0.822. The Balaban J connectivity index is 3.24. The number of rotatable bonds is 3. The number of aliphatic hydroxyl groups is 1. The van der Waals surface area contributed by atoms with Crippen LogP contribution in [-0.4, -0.2) is 23.7 Å². The fourth-order valence-corrected chi connectivity index (χ4v) is 0.252. The molecule has 0 rings (SSSR count). The van der Waals surface area contributed by atoms with E-state index in [1.807, 2.05) is 0 Å². The molecule has 0 fully saturated rings. The van der Waals surface area contributed by atoms with Gasteiger partial charge in [0.2, 0.25) is 0 Å². The molecular formula is C5H10NO2. The van der Waals surface area contributed by atoms with E-state index >= 15 is 0 Å². The molecule has 0 heterocycles. The summed E-state index contributed by atoms with van der Waals surface area (Å²) in [6, 6.07) is 0. The smallest absolute Gasteiger partial charge is 0.309 e. The molecule has 0 aromatic carbocycles. The minimum atomic E-state index is -0.822. The molecule has 0 aromatic rings. The maximum Gasteiger partial charge on any atom is 0.309 e. The summed E-state index contributed by atoms with van der Waals surface area (Å²) in [5.74, 6) is 0. The van der Waals surface area contributed by atoms with Crippen LogP contribution in [0.25, 0.3) is 0 Å². The lowest BCUT2D eigenvalue weighted by Gasteiger charge is -2.14. The average Bonchev–Trinajstić information content (AvgIpc) is 1.59. The highest BCUT2D eigenvalue weighted by atomic mass is 16.3. The molecular weight excluding hydrogens is 106 g/mol. The van der Waals surface area contributed by atoms with Crippen molar-refractivity contribution < 1.29 is 9.90 Å². The first-order valence-electron chi connectivity index (χ1n) is 2.38. The van der Waals surface area contributed by atoms with Crippen LogP contribution in [0.15, 0.2) is 0 Å². The summed E-state index contributed by atoms with van der Waals surface area (Å²) in [4.78, 5) is 9.50. The van der Waals surface area contributed by atoms with Gasteiger partial charge < -0.3 is 10.4 Å². The molecule has 0 bridgehead atoms. The Morgan fingerprint density at radius 2 is 2.25 bits per heavy atom. The maximum absolute atomic E-state index is 9.50. The normalized spacial score (nSPS) is 10.9. The van der Waals surface area contributed by atoms with E-state index in [-0.39, 0.29) is 6.54 Å². The first kappa shape index (κ1) is 7.43. The van der Waals surface area contributed by atoms with Crippen LogP contribution < -0.4 is 5.32 Å². The zero-order chi connectivity index (χ0) is 6.62. The van der Waals surface area contributed by atoms with Crippen molar-refractivity contribution in [1.29, 1.82) is 0 Å². The largest absolute Gasteiger partial charge is 0.389 e. The fourth-order valence-electron chi connectivity index (χ4n) is 0.252. The average molecular weight is 116 g/mol. The molecule has 0 unspecified atom stereocenters. The first-order valence-corrected chi connectivity index (χ1v) is 2.38. The van der Waals surface area contributed by atoms with Crippen molar-refractivity contribution in [1.82, 2.24) is 5.32 Å². The number of hydrogen-bond donors (Lipinski definition) is 2. The lowest BCUT2D eigenvalue weighted by Crippen LogP contribution is -2.33. The Hall–Kier alpha value is -0.570. The second-order valence-corrected chi connectivity index (χ2v) is 2.27. The molecule has 1 amide bonds. The Morgan fingerprint density at radius 1 is 1.75 bits per heavy atom. The van der Waals surface area contributed by atoms with Crippen LogP contribution in [0.5, 0.6) is 0 Å². The van der Waals surface area contributed by atoms with Gasteiger partial charge in [-0.25, -0.2) is 0 Å². The highest BCUT2D eigenvalue weighted by Gasteiger charge is 2.09. The predicted molar refractivity (Wildman–Crippen MR) is 30.0 cm³/mol. The molecule has 0 saturated carbocycles. The van der Waals surface area contributed by atoms with Gasteiger partial charge in [-0.15, -0.1) is 0 Å². The molecule has 0 aliphatic rings. The quantitative estimate of drug-likeness (QED) is 0.484. The molecule has 0 aromatic heterocycles. The van der Waals surface area contributed by atoms with Gasteiger partial charge in [-0.3, -0.25) is 4.79 Å². The maximum atomic E-state index is 9.50. The van der Waals surface area contributed by atoms with Gasteiger partial charge in [0.15, 0.2) is 0 Å². The van der Waals surface area contributed by atoms with Crippen LogP contribution in [0, 0.1) is 0 Å². The number of amides is 1. The summed E-state index contributed by atoms with van der Waals surface area (Å²) >= 11 is 0. The topological polar surface area (TPSA) is 49.3 Å². The van der Waals surface area contributed by atoms with Gasteiger partial charge in [0.25, 0.3) is 0 Å². The molecule has 3 heteroatoms. The van der Waals surface area contributed by atoms with Crippen molar-refractivity contribution in [2.24, 2.45) is 0 Å². The van der Waals surface area contributed by atoms with Crippen molar-refractivity contribution in [2.45, 2.75) is 19.4 Å². The summed E-state index contributed by atoms with van der Waals surface area (Å²) in [5, 5.41) is 11.1. The zero-order valence-corrected chi connectivity index (χ0v) is 5.06. The lowest BCUT2D eigenvalue weighted by molar-refractivity contribution is 0.0847. The predicted octanol–water partition coefficient (Wildman–Crippen LogP) is -0.586. The minimum absolute atomic E-state index is 0.247. The summed E-state index contributed by atoms with van der Waals surface area (Å²) in [6.45, 7) is 3.46. The van der Waals surface area contributed by atoms with Crippen LogP contribution in [0.3, 0.4) is 0 Å². The van der Waals surface area contributed by atoms with Gasteiger partial charge in [-0.1, -0.05) is 0 Å². The monoisotopic (exact) mass is 116 g/mol. The Bertz CT molecular complexity index is 75.0. The van der Waals surface area contributed by atoms with Crippen molar-refractivity contribution in [3.05, 3.63) is 0 Å². The van der Waals surface area contributed by atoms with E-state index in [1.54, 1.807) is 13.8 Å². The molecule has 0 aliphatic heterocycles. The second kappa shape index (κ2) is 2.67. The third-order valence-corrected chi connectivity index (χ3v) is 0.593. The number of nitrogens with one attached hydrogen (secondary N) is 1. The van der Waals surface area contributed by atoms with Crippen molar-refractivity contribution in [3.63, 3.8) is 0 Å². The number of hydrogen-bond acceptors (Lipinski definition) is 2. The van der Waals surface area contributed by atoms with Crippen LogP contribution in [0.2, 0.25) is 0 Å². The highest BCUT2D eigenvalue weighted by molar-refractivity contribution is 5.47. The van der Waals surface area contributed by atoms with E-state index in [2.05, 4.69) is 5.32 Å². The Labute approximate surface area is 48.7 Å². The van der Waals surface area contributed by atoms with E-state index in [1.165, 1.54) is 6.41 Å². The third-order valence-electron chi connectivity index (χ3n) is 0.593. The summed E-state index contributed by atoms with van der Waals surface area (Å²) in [7, 11) is 0. The van der Waals surface area contributed by atoms with Gasteiger partial charge in [0.05, 0.1) is 5.60 Å². The Morgan fingerprint density at radius 3 is 2.38 bits per heavy atom. The molecule has 2 N–H and O–H groups in total. The van der Waals surface area contributed by atoms with Crippen molar-refractivity contribution in [3.8, 4) is 0 Å². The van der Waals surface area contributed by atoms with Gasteiger partial charge in [-0.2, -0.15) is 0 Å². The molecule has 47 valence electrons. The molecule has 1 radical (unpaired) electrons. The molecule has 0 aliphatic carbocycles. The van der Waals surface area contributed by atoms with E-state index in [9.17, 15) is 4.79 Å². The molecule has 0 atom stereocenters. The van der Waals surface area contributed by atoms with E-state index in [0.717, 1.165) is 0 Å². The van der Waals surface area contributed by atoms with Crippen LogP contribution in [0.1, 0.15) is 13.8 Å². The third kappa shape index (κ3) is 5.43. The molecule has 0 spiro atoms. The van der Waals surface area contributed by atoms with E-state index < -0.39 is 5.60 Å².